The Hall–Kier alpha value is 0.690. The van der Waals surface area contributed by atoms with Gasteiger partial charge in [0.05, 0.1) is 16.1 Å². The molecule has 0 saturated carbocycles. The van der Waals surface area contributed by atoms with Gasteiger partial charge in [0.1, 0.15) is 6.61 Å². The van der Waals surface area contributed by atoms with Crippen molar-refractivity contribution >= 4 is 75.1 Å². The van der Waals surface area contributed by atoms with Crippen LogP contribution in [0.4, 0.5) is 0 Å². The highest BCUT2D eigenvalue weighted by molar-refractivity contribution is 8.00. The van der Waals surface area contributed by atoms with E-state index in [1.54, 1.807) is 0 Å². The molecule has 0 radical (unpaired) electrons. The summed E-state index contributed by atoms with van der Waals surface area (Å²) >= 11 is 19.6. The highest BCUT2D eigenvalue weighted by atomic mass is 32.2. The second-order valence-electron chi connectivity index (χ2n) is 2.67. The molecule has 0 aromatic carbocycles. The minimum absolute atomic E-state index is 0.0752. The molecule has 1 unspecified atom stereocenters. The minimum Gasteiger partial charge on any atom is -0.460 e. The van der Waals surface area contributed by atoms with Crippen LogP contribution in [-0.4, -0.2) is 39.6 Å². The zero-order chi connectivity index (χ0) is 12.8. The topological polar surface area (TPSA) is 52.6 Å². The molecule has 0 saturated heterocycles. The molecule has 0 bridgehead atoms. The summed E-state index contributed by atoms with van der Waals surface area (Å²) in [6.45, 7) is -0.257. The van der Waals surface area contributed by atoms with Crippen molar-refractivity contribution in [3.63, 3.8) is 0 Å². The van der Waals surface area contributed by atoms with E-state index in [4.69, 9.17) is 9.47 Å². The molecule has 0 aliphatic rings. The Morgan fingerprint density at radius 1 is 1.12 bits per heavy atom. The van der Waals surface area contributed by atoms with Crippen LogP contribution in [0.5, 0.6) is 0 Å². The molecule has 0 aromatic heterocycles. The average Bonchev–Trinajstić information content (AvgIpc) is 2.25. The lowest BCUT2D eigenvalue weighted by atomic mass is 10.4. The average molecular weight is 321 g/mol. The largest absolute Gasteiger partial charge is 0.460 e. The SMILES string of the molecule is O=C(CS)OCC(S)(OC(=O)CS)C(S)S. The van der Waals surface area contributed by atoms with Crippen LogP contribution < -0.4 is 0 Å². The number of ether oxygens (including phenoxy) is 2. The molecule has 0 aliphatic heterocycles. The van der Waals surface area contributed by atoms with Crippen LogP contribution in [0.25, 0.3) is 0 Å². The highest BCUT2D eigenvalue weighted by Crippen LogP contribution is 2.29. The second kappa shape index (κ2) is 7.91. The first-order chi connectivity index (χ1) is 7.35. The number of carbonyl (C=O) groups is 2. The Bertz CT molecular complexity index is 259. The van der Waals surface area contributed by atoms with Crippen LogP contribution >= 0.6 is 63.1 Å². The molecular formula is C7H12O4S5. The lowest BCUT2D eigenvalue weighted by Crippen LogP contribution is -2.41. The van der Waals surface area contributed by atoms with E-state index in [0.29, 0.717) is 0 Å². The summed E-state index contributed by atoms with van der Waals surface area (Å²) in [5, 5.41) is 0. The predicted octanol–water partition coefficient (Wildman–Crippen LogP) is 0.744. The van der Waals surface area contributed by atoms with Gasteiger partial charge in [0.25, 0.3) is 0 Å². The molecule has 16 heavy (non-hydrogen) atoms. The predicted molar refractivity (Wildman–Crippen MR) is 78.2 cm³/mol. The van der Waals surface area contributed by atoms with Crippen molar-refractivity contribution < 1.29 is 19.1 Å². The molecule has 0 rings (SSSR count). The lowest BCUT2D eigenvalue weighted by molar-refractivity contribution is -0.157. The summed E-state index contributed by atoms with van der Waals surface area (Å²) in [5.74, 6) is -1.34. The van der Waals surface area contributed by atoms with E-state index in [-0.39, 0.29) is 18.1 Å². The van der Waals surface area contributed by atoms with Crippen LogP contribution in [0, 0.1) is 0 Å². The Morgan fingerprint density at radius 3 is 2.00 bits per heavy atom. The maximum absolute atomic E-state index is 11.1. The third-order valence-corrected chi connectivity index (χ3v) is 3.63. The van der Waals surface area contributed by atoms with Gasteiger partial charge >= 0.3 is 11.9 Å². The molecule has 0 fully saturated rings. The third kappa shape index (κ3) is 5.85. The van der Waals surface area contributed by atoms with Crippen molar-refractivity contribution in [1.29, 1.82) is 0 Å². The number of hydrogen-bond donors (Lipinski definition) is 5. The van der Waals surface area contributed by atoms with Crippen molar-refractivity contribution in [1.82, 2.24) is 0 Å². The molecule has 0 aromatic rings. The Morgan fingerprint density at radius 2 is 1.62 bits per heavy atom. The maximum atomic E-state index is 11.1. The van der Waals surface area contributed by atoms with E-state index in [1.807, 2.05) is 0 Å². The van der Waals surface area contributed by atoms with E-state index < -0.39 is 21.5 Å². The maximum Gasteiger partial charge on any atom is 0.317 e. The molecule has 1 atom stereocenters. The van der Waals surface area contributed by atoms with Gasteiger partial charge < -0.3 is 9.47 Å². The molecule has 9 heteroatoms. The van der Waals surface area contributed by atoms with Crippen molar-refractivity contribution in [2.24, 2.45) is 0 Å². The van der Waals surface area contributed by atoms with Crippen LogP contribution in [0.2, 0.25) is 0 Å². The standard InChI is InChI=1S/C7H12O4S5/c8-4(1-12)10-3-7(16,6(14)15)11-5(9)2-13/h6,12-16H,1-3H2. The summed E-state index contributed by atoms with van der Waals surface area (Å²) in [7, 11) is 0. The van der Waals surface area contributed by atoms with Gasteiger partial charge in [-0.3, -0.25) is 9.59 Å². The quantitative estimate of drug-likeness (QED) is 0.285. The van der Waals surface area contributed by atoms with Crippen molar-refractivity contribution in [2.75, 3.05) is 18.1 Å². The van der Waals surface area contributed by atoms with Gasteiger partial charge in [0, 0.05) is 0 Å². The lowest BCUT2D eigenvalue weighted by Gasteiger charge is -2.30. The van der Waals surface area contributed by atoms with Gasteiger partial charge in [0.2, 0.25) is 4.93 Å². The van der Waals surface area contributed by atoms with E-state index in [0.717, 1.165) is 0 Å². The van der Waals surface area contributed by atoms with Crippen molar-refractivity contribution in [3.05, 3.63) is 0 Å². The van der Waals surface area contributed by atoms with Crippen LogP contribution in [0.3, 0.4) is 0 Å². The number of thiol groups is 5. The zero-order valence-corrected chi connectivity index (χ0v) is 12.5. The Kier molecular flexibility index (Phi) is 8.25. The fourth-order valence-electron chi connectivity index (χ4n) is 0.616. The molecule has 0 N–H and O–H groups in total. The molecular weight excluding hydrogens is 308 g/mol. The van der Waals surface area contributed by atoms with Crippen LogP contribution in [0.1, 0.15) is 0 Å². The first kappa shape index (κ1) is 16.7. The number of rotatable bonds is 6. The zero-order valence-electron chi connectivity index (χ0n) is 8.07. The van der Waals surface area contributed by atoms with E-state index >= 15 is 0 Å². The highest BCUT2D eigenvalue weighted by Gasteiger charge is 2.37. The van der Waals surface area contributed by atoms with E-state index in [2.05, 4.69) is 63.1 Å². The van der Waals surface area contributed by atoms with E-state index in [1.165, 1.54) is 0 Å². The molecule has 0 heterocycles. The summed E-state index contributed by atoms with van der Waals surface area (Å²) in [6.07, 6.45) is 0. The van der Waals surface area contributed by atoms with Gasteiger partial charge in [-0.1, -0.05) is 0 Å². The smallest absolute Gasteiger partial charge is 0.317 e. The molecule has 0 amide bonds. The first-order valence-electron chi connectivity index (χ1n) is 4.03. The number of hydrogen-bond acceptors (Lipinski definition) is 9. The number of carbonyl (C=O) groups excluding carboxylic acids is 2. The monoisotopic (exact) mass is 320 g/mol. The fourth-order valence-corrected chi connectivity index (χ4v) is 1.19. The van der Waals surface area contributed by atoms with Gasteiger partial charge in [-0.15, -0.1) is 12.6 Å². The van der Waals surface area contributed by atoms with Crippen LogP contribution in [-0.2, 0) is 19.1 Å². The molecule has 94 valence electrons. The third-order valence-electron chi connectivity index (χ3n) is 1.39. The molecule has 0 aliphatic carbocycles. The van der Waals surface area contributed by atoms with Gasteiger partial charge in [-0.2, -0.15) is 50.5 Å². The summed E-state index contributed by atoms with van der Waals surface area (Å²) in [5.41, 5.74) is 0. The van der Waals surface area contributed by atoms with Gasteiger partial charge in [-0.05, 0) is 0 Å². The summed E-state index contributed by atoms with van der Waals surface area (Å²) < 4.78 is 8.99. The normalized spacial score (nSPS) is 14.4. The number of esters is 2. The fraction of sp³-hybridized carbons (Fsp3) is 0.714. The van der Waals surface area contributed by atoms with Crippen molar-refractivity contribution in [2.45, 2.75) is 9.52 Å². The van der Waals surface area contributed by atoms with Gasteiger partial charge in [-0.25, -0.2) is 0 Å². The van der Waals surface area contributed by atoms with Crippen LogP contribution in [0.15, 0.2) is 0 Å². The van der Waals surface area contributed by atoms with E-state index in [9.17, 15) is 9.59 Å². The Balaban J connectivity index is 4.45. The summed E-state index contributed by atoms with van der Waals surface area (Å²) in [4.78, 5) is 20.6. The minimum atomic E-state index is -1.40. The summed E-state index contributed by atoms with van der Waals surface area (Å²) in [6, 6.07) is 0. The second-order valence-corrected chi connectivity index (χ2v) is 5.50. The Labute approximate surface area is 121 Å². The first-order valence-corrected chi connectivity index (χ1v) is 6.78. The molecule has 4 nitrogen and oxygen atoms in total. The van der Waals surface area contributed by atoms with Gasteiger partial charge in [0.15, 0.2) is 0 Å². The molecule has 0 spiro atoms. The van der Waals surface area contributed by atoms with Crippen molar-refractivity contribution in [3.8, 4) is 0 Å².